The fourth-order valence-electron chi connectivity index (χ4n) is 3.77. The lowest BCUT2D eigenvalue weighted by Gasteiger charge is -2.35. The number of carbonyl (C=O) groups is 2. The van der Waals surface area contributed by atoms with Gasteiger partial charge in [0.05, 0.1) is 6.42 Å². The van der Waals surface area contributed by atoms with Crippen LogP contribution in [0.4, 0.5) is 0 Å². The van der Waals surface area contributed by atoms with Crippen molar-refractivity contribution in [2.24, 2.45) is 11.7 Å². The Kier molecular flexibility index (Phi) is 5.97. The summed E-state index contributed by atoms with van der Waals surface area (Å²) in [5.74, 6) is 0.622. The standard InChI is InChI=1S/C19H26ClN3O2/c20-16-6-4-14(5-7-16)12-18(24)22-8-10-23(11-9-22)19(25)13-15-2-1-3-17(15)21/h4-7,15,17H,1-3,8-13,21H2/t15-,17+/m0/s1. The number of amides is 2. The van der Waals surface area contributed by atoms with Crippen LogP contribution in [0.15, 0.2) is 24.3 Å². The molecule has 3 rings (SSSR count). The molecule has 0 spiro atoms. The molecular weight excluding hydrogens is 338 g/mol. The third-order valence-electron chi connectivity index (χ3n) is 5.41. The quantitative estimate of drug-likeness (QED) is 0.890. The lowest BCUT2D eigenvalue weighted by molar-refractivity contribution is -0.139. The maximum absolute atomic E-state index is 12.5. The van der Waals surface area contributed by atoms with Gasteiger partial charge in [0.1, 0.15) is 0 Å². The highest BCUT2D eigenvalue weighted by atomic mass is 35.5. The van der Waals surface area contributed by atoms with E-state index in [1.54, 1.807) is 12.1 Å². The van der Waals surface area contributed by atoms with Gasteiger partial charge >= 0.3 is 0 Å². The van der Waals surface area contributed by atoms with Crippen molar-refractivity contribution in [2.75, 3.05) is 26.2 Å². The fourth-order valence-corrected chi connectivity index (χ4v) is 3.89. The number of hydrogen-bond donors (Lipinski definition) is 1. The van der Waals surface area contributed by atoms with E-state index in [2.05, 4.69) is 0 Å². The second-order valence-corrected chi connectivity index (χ2v) is 7.56. The Labute approximate surface area is 154 Å². The van der Waals surface area contributed by atoms with Crippen LogP contribution in [0.5, 0.6) is 0 Å². The summed E-state index contributed by atoms with van der Waals surface area (Å²) in [5, 5.41) is 0.672. The van der Waals surface area contributed by atoms with E-state index in [-0.39, 0.29) is 17.9 Å². The molecule has 1 aromatic rings. The van der Waals surface area contributed by atoms with E-state index >= 15 is 0 Å². The molecule has 5 nitrogen and oxygen atoms in total. The summed E-state index contributed by atoms with van der Waals surface area (Å²) in [6.07, 6.45) is 4.16. The van der Waals surface area contributed by atoms with Crippen molar-refractivity contribution in [3.8, 4) is 0 Å². The van der Waals surface area contributed by atoms with Crippen molar-refractivity contribution in [3.05, 3.63) is 34.9 Å². The second kappa shape index (κ2) is 8.19. The van der Waals surface area contributed by atoms with Gasteiger partial charge in [-0.3, -0.25) is 9.59 Å². The molecule has 2 amide bonds. The van der Waals surface area contributed by atoms with Crippen LogP contribution < -0.4 is 5.73 Å². The predicted molar refractivity (Wildman–Crippen MR) is 98.2 cm³/mol. The molecule has 2 aliphatic rings. The number of halogens is 1. The Morgan fingerprint density at radius 3 is 2.16 bits per heavy atom. The van der Waals surface area contributed by atoms with Gasteiger partial charge in [0, 0.05) is 43.7 Å². The molecule has 0 unspecified atom stereocenters. The fraction of sp³-hybridized carbons (Fsp3) is 0.579. The first-order valence-electron chi connectivity index (χ1n) is 9.08. The first-order valence-corrected chi connectivity index (χ1v) is 9.46. The van der Waals surface area contributed by atoms with Crippen LogP contribution >= 0.6 is 11.6 Å². The van der Waals surface area contributed by atoms with Gasteiger partial charge in [-0.2, -0.15) is 0 Å². The lowest BCUT2D eigenvalue weighted by atomic mass is 9.99. The molecule has 2 fully saturated rings. The van der Waals surface area contributed by atoms with Gasteiger partial charge in [0.25, 0.3) is 0 Å². The van der Waals surface area contributed by atoms with Crippen LogP contribution in [0, 0.1) is 5.92 Å². The summed E-state index contributed by atoms with van der Waals surface area (Å²) in [7, 11) is 0. The lowest BCUT2D eigenvalue weighted by Crippen LogP contribution is -2.51. The van der Waals surface area contributed by atoms with E-state index in [9.17, 15) is 9.59 Å². The van der Waals surface area contributed by atoms with E-state index in [1.165, 1.54) is 0 Å². The minimum atomic E-state index is 0.104. The largest absolute Gasteiger partial charge is 0.339 e. The SMILES string of the molecule is N[C@@H]1CCC[C@H]1CC(=O)N1CCN(C(=O)Cc2ccc(Cl)cc2)CC1. The number of nitrogens with zero attached hydrogens (tertiary/aromatic N) is 2. The number of nitrogens with two attached hydrogens (primary N) is 1. The normalized spacial score (nSPS) is 23.8. The van der Waals surface area contributed by atoms with E-state index < -0.39 is 0 Å². The van der Waals surface area contributed by atoms with E-state index in [4.69, 9.17) is 17.3 Å². The van der Waals surface area contributed by atoms with E-state index in [0.717, 1.165) is 24.8 Å². The molecule has 1 saturated heterocycles. The van der Waals surface area contributed by atoms with Crippen LogP contribution in [0.25, 0.3) is 0 Å². The number of piperazine rings is 1. The average Bonchev–Trinajstić information content (AvgIpc) is 3.02. The van der Waals surface area contributed by atoms with E-state index in [0.29, 0.717) is 50.0 Å². The van der Waals surface area contributed by atoms with E-state index in [1.807, 2.05) is 21.9 Å². The molecular formula is C19H26ClN3O2. The number of benzene rings is 1. The van der Waals surface area contributed by atoms with Crippen LogP contribution in [0.1, 0.15) is 31.2 Å². The summed E-state index contributed by atoms with van der Waals surface area (Å²) >= 11 is 5.87. The van der Waals surface area contributed by atoms with Crippen molar-refractivity contribution in [2.45, 2.75) is 38.1 Å². The van der Waals surface area contributed by atoms with Gasteiger partial charge in [0.15, 0.2) is 0 Å². The number of carbonyl (C=O) groups excluding carboxylic acids is 2. The highest BCUT2D eigenvalue weighted by Gasteiger charge is 2.30. The highest BCUT2D eigenvalue weighted by Crippen LogP contribution is 2.27. The molecule has 1 aromatic carbocycles. The van der Waals surface area contributed by atoms with Crippen molar-refractivity contribution in [1.29, 1.82) is 0 Å². The van der Waals surface area contributed by atoms with Gasteiger partial charge in [-0.05, 0) is 36.5 Å². The predicted octanol–water partition coefficient (Wildman–Crippen LogP) is 2.07. The van der Waals surface area contributed by atoms with Gasteiger partial charge in [-0.25, -0.2) is 0 Å². The Morgan fingerprint density at radius 1 is 1.00 bits per heavy atom. The second-order valence-electron chi connectivity index (χ2n) is 7.12. The van der Waals surface area contributed by atoms with Crippen molar-refractivity contribution in [3.63, 3.8) is 0 Å². The van der Waals surface area contributed by atoms with Crippen LogP contribution in [-0.4, -0.2) is 53.8 Å². The summed E-state index contributed by atoms with van der Waals surface area (Å²) in [4.78, 5) is 28.6. The topological polar surface area (TPSA) is 66.6 Å². The molecule has 2 atom stereocenters. The first-order chi connectivity index (χ1) is 12.0. The minimum absolute atomic E-state index is 0.104. The zero-order valence-corrected chi connectivity index (χ0v) is 15.3. The molecule has 0 bridgehead atoms. The van der Waals surface area contributed by atoms with Gasteiger partial charge in [-0.1, -0.05) is 30.2 Å². The monoisotopic (exact) mass is 363 g/mol. The molecule has 0 aromatic heterocycles. The van der Waals surface area contributed by atoms with Crippen LogP contribution in [0.3, 0.4) is 0 Å². The zero-order valence-electron chi connectivity index (χ0n) is 14.5. The number of rotatable bonds is 4. The maximum Gasteiger partial charge on any atom is 0.227 e. The van der Waals surface area contributed by atoms with Crippen molar-refractivity contribution < 1.29 is 9.59 Å². The smallest absolute Gasteiger partial charge is 0.227 e. The highest BCUT2D eigenvalue weighted by molar-refractivity contribution is 6.30. The van der Waals surface area contributed by atoms with Crippen molar-refractivity contribution >= 4 is 23.4 Å². The molecule has 1 aliphatic carbocycles. The minimum Gasteiger partial charge on any atom is -0.339 e. The number of hydrogen-bond acceptors (Lipinski definition) is 3. The molecule has 1 saturated carbocycles. The Bertz CT molecular complexity index is 612. The van der Waals surface area contributed by atoms with Gasteiger partial charge in [-0.15, -0.1) is 0 Å². The Morgan fingerprint density at radius 2 is 1.60 bits per heavy atom. The summed E-state index contributed by atoms with van der Waals surface area (Å²) in [5.41, 5.74) is 7.03. The van der Waals surface area contributed by atoms with Crippen LogP contribution in [-0.2, 0) is 16.0 Å². The molecule has 6 heteroatoms. The summed E-state index contributed by atoms with van der Waals surface area (Å²) in [6.45, 7) is 2.45. The Hall–Kier alpha value is -1.59. The van der Waals surface area contributed by atoms with Gasteiger partial charge in [0.2, 0.25) is 11.8 Å². The molecule has 0 radical (unpaired) electrons. The molecule has 2 N–H and O–H groups in total. The first kappa shape index (κ1) is 18.2. The molecule has 25 heavy (non-hydrogen) atoms. The zero-order chi connectivity index (χ0) is 17.8. The van der Waals surface area contributed by atoms with Gasteiger partial charge < -0.3 is 15.5 Å². The van der Waals surface area contributed by atoms with Crippen LogP contribution in [0.2, 0.25) is 5.02 Å². The summed E-state index contributed by atoms with van der Waals surface area (Å²) < 4.78 is 0. The Balaban J connectivity index is 1.45. The van der Waals surface area contributed by atoms with Crippen molar-refractivity contribution in [1.82, 2.24) is 9.80 Å². The maximum atomic E-state index is 12.5. The third kappa shape index (κ3) is 4.73. The third-order valence-corrected chi connectivity index (χ3v) is 5.66. The average molecular weight is 364 g/mol. The summed E-state index contributed by atoms with van der Waals surface area (Å²) in [6, 6.07) is 7.53. The molecule has 136 valence electrons. The molecule has 1 heterocycles. The molecule has 1 aliphatic heterocycles.